The van der Waals surface area contributed by atoms with E-state index in [1.165, 1.54) is 6.26 Å². The third-order valence-corrected chi connectivity index (χ3v) is 0.309. The molecule has 0 aliphatic heterocycles. The summed E-state index contributed by atoms with van der Waals surface area (Å²) in [4.78, 5) is 0. The Morgan fingerprint density at radius 1 is 1.50 bits per heavy atom. The first-order valence-corrected chi connectivity index (χ1v) is 2.26. The summed E-state index contributed by atoms with van der Waals surface area (Å²) in [6, 6.07) is 1.60. The van der Waals surface area contributed by atoms with E-state index >= 15 is 0 Å². The molecule has 0 spiro atoms. The van der Waals surface area contributed by atoms with Gasteiger partial charge in [-0.1, -0.05) is 13.8 Å². The maximum atomic E-state index is 4.28. The Morgan fingerprint density at radius 3 is 2.25 bits per heavy atom. The molecule has 0 saturated heterocycles. The van der Waals surface area contributed by atoms with E-state index in [9.17, 15) is 0 Å². The maximum absolute atomic E-state index is 4.28. The average molecular weight is 282 g/mol. The van der Waals surface area contributed by atoms with Crippen LogP contribution in [-0.2, 0) is 21.1 Å². The van der Waals surface area contributed by atoms with Crippen molar-refractivity contribution in [3.05, 3.63) is 18.5 Å². The van der Waals surface area contributed by atoms with Crippen molar-refractivity contribution in [1.29, 1.82) is 0 Å². The molecule has 0 fully saturated rings. The fourth-order valence-corrected chi connectivity index (χ4v) is 0.152. The molecule has 3 heteroatoms. The van der Waals surface area contributed by atoms with Crippen LogP contribution in [0.4, 0.5) is 0 Å². The molecule has 1 heterocycles. The topological polar surface area (TPSA) is 26.0 Å². The van der Waals surface area contributed by atoms with Crippen LogP contribution in [0.15, 0.2) is 16.9 Å². The minimum absolute atomic E-state index is 0. The smallest absolute Gasteiger partial charge is 0 e. The van der Waals surface area contributed by atoms with Crippen molar-refractivity contribution in [2.75, 3.05) is 0 Å². The minimum atomic E-state index is 0. The van der Waals surface area contributed by atoms with E-state index in [0.717, 1.165) is 0 Å². The van der Waals surface area contributed by atoms with E-state index in [1.807, 2.05) is 13.8 Å². The molecule has 2 nitrogen and oxygen atoms in total. The van der Waals surface area contributed by atoms with Crippen LogP contribution in [0, 0.1) is 6.20 Å². The van der Waals surface area contributed by atoms with Crippen molar-refractivity contribution in [1.82, 2.24) is 5.16 Å². The molecule has 1 aromatic rings. The van der Waals surface area contributed by atoms with Gasteiger partial charge in [-0.05, 0) is 6.26 Å². The van der Waals surface area contributed by atoms with Crippen LogP contribution in [-0.4, -0.2) is 5.16 Å². The van der Waals surface area contributed by atoms with E-state index in [2.05, 4.69) is 15.9 Å². The molecule has 0 bridgehead atoms. The van der Waals surface area contributed by atoms with Crippen LogP contribution in [0.2, 0.25) is 0 Å². The summed E-state index contributed by atoms with van der Waals surface area (Å²) in [6.45, 7) is 4.00. The van der Waals surface area contributed by atoms with Gasteiger partial charge in [0, 0.05) is 21.1 Å². The number of rotatable bonds is 0. The van der Waals surface area contributed by atoms with E-state index in [4.69, 9.17) is 0 Å². The Kier molecular flexibility index (Phi) is 13.5. The van der Waals surface area contributed by atoms with Gasteiger partial charge in [-0.3, -0.25) is 0 Å². The Bertz CT molecular complexity index is 68.9. The summed E-state index contributed by atoms with van der Waals surface area (Å²) >= 11 is 0. The zero-order valence-electron chi connectivity index (χ0n) is 4.92. The molecular weight excluding hydrogens is 274 g/mol. The van der Waals surface area contributed by atoms with Crippen molar-refractivity contribution >= 4 is 0 Å². The molecule has 0 aromatic carbocycles. The molecule has 0 N–H and O–H groups in total. The van der Waals surface area contributed by atoms with Crippen LogP contribution in [0.3, 0.4) is 0 Å². The van der Waals surface area contributed by atoms with E-state index in [-0.39, 0.29) is 21.1 Å². The van der Waals surface area contributed by atoms with Crippen LogP contribution in [0.25, 0.3) is 0 Å². The van der Waals surface area contributed by atoms with Gasteiger partial charge in [0.1, 0.15) is 0 Å². The van der Waals surface area contributed by atoms with Gasteiger partial charge in [0.05, 0.1) is 0 Å². The molecule has 1 aromatic heterocycles. The van der Waals surface area contributed by atoms with E-state index in [1.54, 1.807) is 6.07 Å². The maximum Gasteiger partial charge on any atom is 0 e. The van der Waals surface area contributed by atoms with Crippen molar-refractivity contribution in [3.63, 3.8) is 0 Å². The number of aromatic nitrogens is 1. The second-order valence-corrected chi connectivity index (χ2v) is 0.629. The third kappa shape index (κ3) is 5.90. The van der Waals surface area contributed by atoms with Crippen LogP contribution in [0.5, 0.6) is 0 Å². The summed E-state index contributed by atoms with van der Waals surface area (Å²) in [6.07, 6.45) is 3.90. The van der Waals surface area contributed by atoms with E-state index in [0.29, 0.717) is 0 Å². The molecule has 0 radical (unpaired) electrons. The zero-order valence-corrected chi connectivity index (χ0v) is 7.85. The van der Waals surface area contributed by atoms with Crippen molar-refractivity contribution in [3.8, 4) is 0 Å². The first-order valence-electron chi connectivity index (χ1n) is 2.26. The molecule has 0 amide bonds. The average Bonchev–Trinajstić information content (AvgIpc) is 2.23. The summed E-state index contributed by atoms with van der Waals surface area (Å²) in [5.41, 5.74) is 0. The van der Waals surface area contributed by atoms with Crippen LogP contribution >= 0.6 is 0 Å². The second-order valence-electron chi connectivity index (χ2n) is 0.629. The number of nitrogens with zero attached hydrogens (tertiary/aromatic N) is 1. The van der Waals surface area contributed by atoms with Crippen LogP contribution in [0.1, 0.15) is 13.8 Å². The number of hydrogen-bond acceptors (Lipinski definition) is 2. The second kappa shape index (κ2) is 10.0. The Morgan fingerprint density at radius 2 is 2.12 bits per heavy atom. The number of hydrogen-bond donors (Lipinski definition) is 0. The Balaban J connectivity index is 0. The molecule has 46 valence electrons. The summed E-state index contributed by atoms with van der Waals surface area (Å²) in [5.74, 6) is 0. The van der Waals surface area contributed by atoms with Gasteiger partial charge < -0.3 is 4.52 Å². The SMILES string of the molecule is CC.[W].[c-]1ccon1. The minimum Gasteiger partial charge on any atom is -0.474 e. The molecule has 8 heavy (non-hydrogen) atoms. The molecular formula is C5H8NOW-. The summed E-state index contributed by atoms with van der Waals surface area (Å²) in [7, 11) is 0. The third-order valence-electron chi connectivity index (χ3n) is 0.309. The predicted molar refractivity (Wildman–Crippen MR) is 26.7 cm³/mol. The van der Waals surface area contributed by atoms with Crippen molar-refractivity contribution in [2.24, 2.45) is 0 Å². The molecule has 0 atom stereocenters. The molecule has 0 aliphatic rings. The predicted octanol–water partition coefficient (Wildman–Crippen LogP) is 1.50. The van der Waals surface area contributed by atoms with Gasteiger partial charge in [-0.15, -0.1) is 6.20 Å². The zero-order chi connectivity index (χ0) is 5.54. The molecule has 0 aliphatic carbocycles. The first kappa shape index (κ1) is 10.8. The van der Waals surface area contributed by atoms with Gasteiger partial charge in [-0.2, -0.15) is 6.07 Å². The molecule has 0 unspecified atom stereocenters. The standard InChI is InChI=1S/C3H2NO.C2H6.W/c1-2-4-5-3-1;1-2;/h1,3H;1-2H3;/q-1;;. The van der Waals surface area contributed by atoms with Gasteiger partial charge >= 0.3 is 0 Å². The first-order chi connectivity index (χ1) is 3.50. The molecule has 0 saturated carbocycles. The fourth-order valence-electron chi connectivity index (χ4n) is 0.152. The van der Waals surface area contributed by atoms with Gasteiger partial charge in [-0.25, -0.2) is 5.16 Å². The summed E-state index contributed by atoms with van der Waals surface area (Å²) < 4.78 is 4.28. The van der Waals surface area contributed by atoms with E-state index < -0.39 is 0 Å². The monoisotopic (exact) mass is 282 g/mol. The Labute approximate surface area is 63.5 Å². The van der Waals surface area contributed by atoms with Crippen LogP contribution < -0.4 is 0 Å². The largest absolute Gasteiger partial charge is 0.474 e. The quantitative estimate of drug-likeness (QED) is 0.674. The summed E-state index contributed by atoms with van der Waals surface area (Å²) in [5, 5.41) is 3.22. The van der Waals surface area contributed by atoms with Gasteiger partial charge in [0.25, 0.3) is 0 Å². The molecule has 1 rings (SSSR count). The normalized spacial score (nSPS) is 5.75. The Hall–Kier alpha value is -0.102. The fraction of sp³-hybridized carbons (Fsp3) is 0.400. The van der Waals surface area contributed by atoms with Gasteiger partial charge in [0.2, 0.25) is 0 Å². The van der Waals surface area contributed by atoms with Crippen molar-refractivity contribution in [2.45, 2.75) is 13.8 Å². The van der Waals surface area contributed by atoms with Crippen molar-refractivity contribution < 1.29 is 25.6 Å². The van der Waals surface area contributed by atoms with Gasteiger partial charge in [0.15, 0.2) is 0 Å².